The highest BCUT2D eigenvalue weighted by Crippen LogP contribution is 2.29. The van der Waals surface area contributed by atoms with Crippen LogP contribution in [0.5, 0.6) is 0 Å². The van der Waals surface area contributed by atoms with Crippen LogP contribution in [0.15, 0.2) is 36.9 Å². The fraction of sp³-hybridized carbons (Fsp3) is 0.500. The van der Waals surface area contributed by atoms with Crippen LogP contribution in [-0.4, -0.2) is 44.4 Å². The number of hydrogen-bond acceptors (Lipinski definition) is 4. The van der Waals surface area contributed by atoms with Gasteiger partial charge < -0.3 is 15.0 Å². The molecule has 2 fully saturated rings. The lowest BCUT2D eigenvalue weighted by atomic mass is 10.2. The third-order valence-electron chi connectivity index (χ3n) is 4.65. The number of pyridine rings is 1. The predicted octanol–water partition coefficient (Wildman–Crippen LogP) is 2.65. The Hall–Kier alpha value is -2.41. The summed E-state index contributed by atoms with van der Waals surface area (Å²) < 4.78 is 7.47. The van der Waals surface area contributed by atoms with E-state index < -0.39 is 0 Å². The van der Waals surface area contributed by atoms with Gasteiger partial charge in [0.1, 0.15) is 0 Å². The molecule has 1 saturated heterocycles. The first-order valence-corrected chi connectivity index (χ1v) is 8.88. The average molecular weight is 341 g/mol. The maximum Gasteiger partial charge on any atom is 0.322 e. The summed E-state index contributed by atoms with van der Waals surface area (Å²) >= 11 is 0. The number of ether oxygens (including phenoxy) is 1. The molecule has 2 aromatic rings. The average Bonchev–Trinajstić information content (AvgIpc) is 3.16. The van der Waals surface area contributed by atoms with Crippen LogP contribution >= 0.6 is 0 Å². The molecule has 1 N–H and O–H groups in total. The number of hydrogen-bond donors (Lipinski definition) is 1. The molecule has 1 unspecified atom stereocenters. The van der Waals surface area contributed by atoms with E-state index in [4.69, 9.17) is 4.74 Å². The molecule has 25 heavy (non-hydrogen) atoms. The number of nitrogens with one attached hydrogen (secondary N) is 1. The van der Waals surface area contributed by atoms with Crippen LogP contribution in [0.2, 0.25) is 0 Å². The third kappa shape index (κ3) is 4.17. The van der Waals surface area contributed by atoms with Crippen LogP contribution in [0.25, 0.3) is 0 Å². The summed E-state index contributed by atoms with van der Waals surface area (Å²) in [6, 6.07) is 4.15. The Morgan fingerprint density at radius 3 is 2.88 bits per heavy atom. The molecule has 0 bridgehead atoms. The summed E-state index contributed by atoms with van der Waals surface area (Å²) in [5.41, 5.74) is 1.81. The lowest BCUT2D eigenvalue weighted by Crippen LogP contribution is -2.36. The van der Waals surface area contributed by atoms with Crippen molar-refractivity contribution in [3.8, 4) is 0 Å². The zero-order valence-corrected chi connectivity index (χ0v) is 14.2. The van der Waals surface area contributed by atoms with Gasteiger partial charge in [-0.1, -0.05) is 0 Å². The predicted molar refractivity (Wildman–Crippen MR) is 93.0 cm³/mol. The van der Waals surface area contributed by atoms with Gasteiger partial charge in [-0.05, 0) is 43.4 Å². The van der Waals surface area contributed by atoms with Crippen LogP contribution < -0.4 is 5.32 Å². The third-order valence-corrected chi connectivity index (χ3v) is 4.65. The van der Waals surface area contributed by atoms with Gasteiger partial charge in [0.15, 0.2) is 0 Å². The van der Waals surface area contributed by atoms with Gasteiger partial charge in [0.2, 0.25) is 0 Å². The Kier molecular flexibility index (Phi) is 4.65. The Bertz CT molecular complexity index is 707. The molecule has 1 atom stereocenters. The van der Waals surface area contributed by atoms with Crippen molar-refractivity contribution in [2.45, 2.75) is 50.9 Å². The zero-order chi connectivity index (χ0) is 17.1. The molecule has 132 valence electrons. The van der Waals surface area contributed by atoms with Gasteiger partial charge in [-0.2, -0.15) is 5.10 Å². The highest BCUT2D eigenvalue weighted by molar-refractivity contribution is 5.89. The van der Waals surface area contributed by atoms with Gasteiger partial charge in [0.25, 0.3) is 0 Å². The van der Waals surface area contributed by atoms with Gasteiger partial charge in [-0.25, -0.2) is 4.79 Å². The first kappa shape index (κ1) is 16.1. The smallest absolute Gasteiger partial charge is 0.322 e. The molecule has 0 spiro atoms. The number of amides is 2. The number of urea groups is 1. The van der Waals surface area contributed by atoms with Gasteiger partial charge in [0, 0.05) is 37.8 Å². The molecule has 7 nitrogen and oxygen atoms in total. The quantitative estimate of drug-likeness (QED) is 0.877. The van der Waals surface area contributed by atoms with Crippen molar-refractivity contribution in [3.63, 3.8) is 0 Å². The summed E-state index contributed by atoms with van der Waals surface area (Å²) in [6.45, 7) is 2.17. The highest BCUT2D eigenvalue weighted by atomic mass is 16.5. The maximum atomic E-state index is 12.7. The minimum Gasteiger partial charge on any atom is -0.376 e. The molecule has 0 radical (unpaired) electrons. The summed E-state index contributed by atoms with van der Waals surface area (Å²) in [7, 11) is 0. The fourth-order valence-electron chi connectivity index (χ4n) is 3.16. The van der Waals surface area contributed by atoms with E-state index in [9.17, 15) is 4.79 Å². The summed E-state index contributed by atoms with van der Waals surface area (Å²) in [5.74, 6) is 0. The molecule has 0 aromatic carbocycles. The largest absolute Gasteiger partial charge is 0.376 e. The van der Waals surface area contributed by atoms with Crippen molar-refractivity contribution < 1.29 is 9.53 Å². The molecule has 1 aliphatic heterocycles. The van der Waals surface area contributed by atoms with Gasteiger partial charge >= 0.3 is 6.03 Å². The molecular weight excluding hydrogens is 318 g/mol. The first-order valence-electron chi connectivity index (χ1n) is 8.88. The van der Waals surface area contributed by atoms with Gasteiger partial charge in [-0.15, -0.1) is 0 Å². The van der Waals surface area contributed by atoms with Gasteiger partial charge in [0.05, 0.1) is 24.5 Å². The highest BCUT2D eigenvalue weighted by Gasteiger charge is 2.32. The Morgan fingerprint density at radius 2 is 2.16 bits per heavy atom. The van der Waals surface area contributed by atoms with E-state index in [0.29, 0.717) is 12.6 Å². The van der Waals surface area contributed by atoms with Crippen molar-refractivity contribution in [2.24, 2.45) is 0 Å². The van der Waals surface area contributed by atoms with Crippen molar-refractivity contribution in [1.29, 1.82) is 0 Å². The number of rotatable bonds is 6. The number of nitrogens with zero attached hydrogens (tertiary/aromatic N) is 4. The van der Waals surface area contributed by atoms with Crippen molar-refractivity contribution in [3.05, 3.63) is 42.5 Å². The van der Waals surface area contributed by atoms with E-state index in [1.54, 1.807) is 18.6 Å². The summed E-state index contributed by atoms with van der Waals surface area (Å²) in [4.78, 5) is 18.6. The van der Waals surface area contributed by atoms with Crippen molar-refractivity contribution in [1.82, 2.24) is 19.7 Å². The second kappa shape index (κ2) is 7.23. The standard InChI is InChI=1S/C18H23N5O2/c24-18(23(16-3-4-16)11-14-5-7-19-8-6-14)21-15-10-20-22(12-15)13-17-2-1-9-25-17/h5-8,10,12,16-17H,1-4,9,11,13H2,(H,21,24). The molecule has 1 aliphatic carbocycles. The van der Waals surface area contributed by atoms with E-state index in [-0.39, 0.29) is 12.1 Å². The molecule has 2 aromatic heterocycles. The number of carbonyl (C=O) groups is 1. The molecule has 7 heteroatoms. The first-order chi connectivity index (χ1) is 12.3. The Labute approximate surface area is 147 Å². The minimum absolute atomic E-state index is 0.0732. The molecule has 2 aliphatic rings. The normalized spacial score (nSPS) is 19.8. The second-order valence-corrected chi connectivity index (χ2v) is 6.73. The SMILES string of the molecule is O=C(Nc1cnn(CC2CCCO2)c1)N(Cc1ccncc1)C1CC1. The molecule has 3 heterocycles. The Morgan fingerprint density at radius 1 is 1.32 bits per heavy atom. The van der Waals surface area contributed by atoms with E-state index in [0.717, 1.165) is 50.1 Å². The summed E-state index contributed by atoms with van der Waals surface area (Å²) in [5, 5.41) is 7.31. The van der Waals surface area contributed by atoms with Crippen LogP contribution in [0.3, 0.4) is 0 Å². The summed E-state index contributed by atoms with van der Waals surface area (Å²) in [6.07, 6.45) is 11.6. The lowest BCUT2D eigenvalue weighted by molar-refractivity contribution is 0.0940. The molecule has 1 saturated carbocycles. The minimum atomic E-state index is -0.0732. The zero-order valence-electron chi connectivity index (χ0n) is 14.2. The van der Waals surface area contributed by atoms with Crippen molar-refractivity contribution in [2.75, 3.05) is 11.9 Å². The molecular formula is C18H23N5O2. The second-order valence-electron chi connectivity index (χ2n) is 6.73. The topological polar surface area (TPSA) is 72.3 Å². The lowest BCUT2D eigenvalue weighted by Gasteiger charge is -2.22. The number of carbonyl (C=O) groups excluding carboxylic acids is 1. The van der Waals surface area contributed by atoms with Crippen LogP contribution in [0.1, 0.15) is 31.2 Å². The van der Waals surface area contributed by atoms with Crippen LogP contribution in [0, 0.1) is 0 Å². The maximum absolute atomic E-state index is 12.7. The van der Waals surface area contributed by atoms with E-state index in [1.807, 2.05) is 27.9 Å². The van der Waals surface area contributed by atoms with Crippen LogP contribution in [-0.2, 0) is 17.8 Å². The van der Waals surface area contributed by atoms with E-state index in [1.165, 1.54) is 0 Å². The monoisotopic (exact) mass is 341 g/mol. The number of anilines is 1. The molecule has 4 rings (SSSR count). The fourth-order valence-corrected chi connectivity index (χ4v) is 3.16. The Balaban J connectivity index is 1.37. The van der Waals surface area contributed by atoms with Gasteiger partial charge in [-0.3, -0.25) is 9.67 Å². The van der Waals surface area contributed by atoms with E-state index in [2.05, 4.69) is 15.4 Å². The number of aromatic nitrogens is 3. The van der Waals surface area contributed by atoms with E-state index >= 15 is 0 Å². The van der Waals surface area contributed by atoms with Crippen molar-refractivity contribution >= 4 is 11.7 Å². The van der Waals surface area contributed by atoms with Crippen LogP contribution in [0.4, 0.5) is 10.5 Å². The molecule has 2 amide bonds.